The highest BCUT2D eigenvalue weighted by atomic mass is 35.5. The van der Waals surface area contributed by atoms with E-state index in [1.165, 1.54) is 0 Å². The number of hydrogen-bond donors (Lipinski definition) is 0. The van der Waals surface area contributed by atoms with E-state index < -0.39 is 0 Å². The first-order valence-electron chi connectivity index (χ1n) is 6.56. The fourth-order valence-electron chi connectivity index (χ4n) is 1.74. The Hall–Kier alpha value is -1.33. The lowest BCUT2D eigenvalue weighted by atomic mass is 10.2. The number of benzene rings is 1. The summed E-state index contributed by atoms with van der Waals surface area (Å²) in [5.41, 5.74) is 0.982. The molecular weight excluding hydrogens is 296 g/mol. The van der Waals surface area contributed by atoms with Crippen LogP contribution in [0, 0.1) is 0 Å². The van der Waals surface area contributed by atoms with E-state index in [9.17, 15) is 0 Å². The normalized spacial score (nSPS) is 10.6. The molecule has 0 saturated carbocycles. The molecule has 20 heavy (non-hydrogen) atoms. The number of halogens is 1. The molecule has 0 spiro atoms. The van der Waals surface area contributed by atoms with Crippen LogP contribution >= 0.6 is 22.9 Å². The zero-order valence-corrected chi connectivity index (χ0v) is 13.1. The molecule has 0 unspecified atom stereocenters. The van der Waals surface area contributed by atoms with Crippen molar-refractivity contribution in [1.29, 1.82) is 0 Å². The van der Waals surface area contributed by atoms with E-state index in [0.29, 0.717) is 19.1 Å². The molecule has 1 aromatic carbocycles. The van der Waals surface area contributed by atoms with Gasteiger partial charge in [0.25, 0.3) is 0 Å². The number of aromatic nitrogens is 2. The van der Waals surface area contributed by atoms with E-state index in [1.807, 2.05) is 32.0 Å². The van der Waals surface area contributed by atoms with Crippen LogP contribution < -0.4 is 9.47 Å². The third kappa shape index (κ3) is 3.61. The van der Waals surface area contributed by atoms with Crippen molar-refractivity contribution in [2.75, 3.05) is 19.1 Å². The summed E-state index contributed by atoms with van der Waals surface area (Å²) >= 11 is 7.27. The Labute approximate surface area is 127 Å². The molecule has 0 bridgehead atoms. The first kappa shape index (κ1) is 15.1. The molecule has 0 amide bonds. The second-order valence-electron chi connectivity index (χ2n) is 3.97. The van der Waals surface area contributed by atoms with Crippen LogP contribution in [0.3, 0.4) is 0 Å². The largest absolute Gasteiger partial charge is 0.490 e. The van der Waals surface area contributed by atoms with Gasteiger partial charge in [-0.2, -0.15) is 0 Å². The summed E-state index contributed by atoms with van der Waals surface area (Å²) < 4.78 is 11.2. The third-order valence-corrected chi connectivity index (χ3v) is 3.79. The Morgan fingerprint density at radius 1 is 1.10 bits per heavy atom. The number of aryl methyl sites for hydroxylation is 1. The molecule has 0 saturated heterocycles. The molecule has 0 atom stereocenters. The summed E-state index contributed by atoms with van der Waals surface area (Å²) in [5.74, 6) is 2.05. The van der Waals surface area contributed by atoms with E-state index in [4.69, 9.17) is 21.1 Å². The zero-order chi connectivity index (χ0) is 14.4. The van der Waals surface area contributed by atoms with Crippen molar-refractivity contribution in [3.05, 3.63) is 23.2 Å². The molecule has 0 fully saturated rings. The summed E-state index contributed by atoms with van der Waals surface area (Å²) in [6, 6.07) is 5.82. The number of nitrogens with zero attached hydrogens (tertiary/aromatic N) is 2. The summed E-state index contributed by atoms with van der Waals surface area (Å²) in [6.45, 7) is 5.11. The van der Waals surface area contributed by atoms with Crippen molar-refractivity contribution in [3.63, 3.8) is 0 Å². The predicted octanol–water partition coefficient (Wildman–Crippen LogP) is 3.78. The molecule has 0 radical (unpaired) electrons. The van der Waals surface area contributed by atoms with Gasteiger partial charge >= 0.3 is 0 Å². The SMILES string of the molecule is CCOc1ccc(-c2nnc(CCCl)s2)cc1OCC. The first-order valence-corrected chi connectivity index (χ1v) is 7.92. The van der Waals surface area contributed by atoms with Crippen molar-refractivity contribution < 1.29 is 9.47 Å². The van der Waals surface area contributed by atoms with Crippen molar-refractivity contribution >= 4 is 22.9 Å². The highest BCUT2D eigenvalue weighted by Crippen LogP contribution is 2.34. The van der Waals surface area contributed by atoms with Gasteiger partial charge in [-0.1, -0.05) is 11.3 Å². The highest BCUT2D eigenvalue weighted by Gasteiger charge is 2.11. The van der Waals surface area contributed by atoms with Gasteiger partial charge in [-0.25, -0.2) is 0 Å². The smallest absolute Gasteiger partial charge is 0.161 e. The molecule has 108 valence electrons. The van der Waals surface area contributed by atoms with Crippen molar-refractivity contribution in [3.8, 4) is 22.1 Å². The Morgan fingerprint density at radius 2 is 1.85 bits per heavy atom. The standard InChI is InChI=1S/C14H17ClN2O2S/c1-3-18-11-6-5-10(9-12(11)19-4-2)14-17-16-13(20-14)7-8-15/h5-6,9H,3-4,7-8H2,1-2H3. The molecule has 0 N–H and O–H groups in total. The Balaban J connectivity index is 2.28. The lowest BCUT2D eigenvalue weighted by molar-refractivity contribution is 0.288. The van der Waals surface area contributed by atoms with Gasteiger partial charge in [0.2, 0.25) is 0 Å². The topological polar surface area (TPSA) is 44.2 Å². The third-order valence-electron chi connectivity index (χ3n) is 2.57. The van der Waals surface area contributed by atoms with E-state index in [-0.39, 0.29) is 0 Å². The van der Waals surface area contributed by atoms with Gasteiger partial charge in [-0.3, -0.25) is 0 Å². The summed E-state index contributed by atoms with van der Waals surface area (Å²) in [6.07, 6.45) is 0.745. The summed E-state index contributed by atoms with van der Waals surface area (Å²) in [5, 5.41) is 10.1. The number of rotatable bonds is 7. The van der Waals surface area contributed by atoms with Crippen LogP contribution in [0.5, 0.6) is 11.5 Å². The minimum Gasteiger partial charge on any atom is -0.490 e. The van der Waals surface area contributed by atoms with Gasteiger partial charge < -0.3 is 9.47 Å². The van der Waals surface area contributed by atoms with Crippen LogP contribution in [0.1, 0.15) is 18.9 Å². The second kappa shape index (κ2) is 7.45. The minimum atomic E-state index is 0.558. The van der Waals surface area contributed by atoms with Gasteiger partial charge in [0.15, 0.2) is 11.5 Å². The van der Waals surface area contributed by atoms with Gasteiger partial charge in [-0.15, -0.1) is 21.8 Å². The average molecular weight is 313 g/mol. The molecule has 4 nitrogen and oxygen atoms in total. The summed E-state index contributed by atoms with van der Waals surface area (Å²) in [7, 11) is 0. The average Bonchev–Trinajstić information content (AvgIpc) is 2.90. The number of alkyl halides is 1. The molecule has 2 rings (SSSR count). The van der Waals surface area contributed by atoms with E-state index >= 15 is 0 Å². The molecule has 2 aromatic rings. The van der Waals surface area contributed by atoms with Crippen LogP contribution in [-0.2, 0) is 6.42 Å². The van der Waals surface area contributed by atoms with Crippen LogP contribution in [0.25, 0.3) is 10.6 Å². The van der Waals surface area contributed by atoms with Crippen molar-refractivity contribution in [2.24, 2.45) is 0 Å². The second-order valence-corrected chi connectivity index (χ2v) is 5.41. The van der Waals surface area contributed by atoms with Gasteiger partial charge in [0.05, 0.1) is 13.2 Å². The quantitative estimate of drug-likeness (QED) is 0.730. The number of ether oxygens (including phenoxy) is 2. The van der Waals surface area contributed by atoms with Gasteiger partial charge in [0, 0.05) is 17.9 Å². The molecule has 1 heterocycles. The fraction of sp³-hybridized carbons (Fsp3) is 0.429. The van der Waals surface area contributed by atoms with Gasteiger partial charge in [-0.05, 0) is 32.0 Å². The Morgan fingerprint density at radius 3 is 2.55 bits per heavy atom. The molecule has 6 heteroatoms. The fourth-order valence-corrected chi connectivity index (χ4v) is 2.86. The Bertz CT molecular complexity index is 560. The molecule has 0 aliphatic heterocycles. The lowest BCUT2D eigenvalue weighted by Gasteiger charge is -2.11. The van der Waals surface area contributed by atoms with Crippen LogP contribution in [0.15, 0.2) is 18.2 Å². The van der Waals surface area contributed by atoms with E-state index in [0.717, 1.165) is 33.5 Å². The highest BCUT2D eigenvalue weighted by molar-refractivity contribution is 7.14. The minimum absolute atomic E-state index is 0.558. The lowest BCUT2D eigenvalue weighted by Crippen LogP contribution is -1.98. The molecule has 0 aliphatic carbocycles. The molecule has 0 aliphatic rings. The maximum absolute atomic E-state index is 5.72. The molecular formula is C14H17ClN2O2S. The van der Waals surface area contributed by atoms with Crippen LogP contribution in [0.4, 0.5) is 0 Å². The van der Waals surface area contributed by atoms with Crippen molar-refractivity contribution in [2.45, 2.75) is 20.3 Å². The van der Waals surface area contributed by atoms with E-state index in [2.05, 4.69) is 10.2 Å². The maximum atomic E-state index is 5.72. The Kier molecular flexibility index (Phi) is 5.61. The summed E-state index contributed by atoms with van der Waals surface area (Å²) in [4.78, 5) is 0. The monoisotopic (exact) mass is 312 g/mol. The number of hydrogen-bond acceptors (Lipinski definition) is 5. The van der Waals surface area contributed by atoms with Crippen LogP contribution in [-0.4, -0.2) is 29.3 Å². The predicted molar refractivity (Wildman–Crippen MR) is 82.1 cm³/mol. The first-order chi connectivity index (χ1) is 9.78. The maximum Gasteiger partial charge on any atom is 0.161 e. The van der Waals surface area contributed by atoms with Crippen LogP contribution in [0.2, 0.25) is 0 Å². The van der Waals surface area contributed by atoms with E-state index in [1.54, 1.807) is 11.3 Å². The molecule has 1 aromatic heterocycles. The zero-order valence-electron chi connectivity index (χ0n) is 11.6. The van der Waals surface area contributed by atoms with Crippen molar-refractivity contribution in [1.82, 2.24) is 10.2 Å². The van der Waals surface area contributed by atoms with Gasteiger partial charge in [0.1, 0.15) is 10.0 Å².